The van der Waals surface area contributed by atoms with Crippen LogP contribution in [0.15, 0.2) is 24.0 Å². The lowest BCUT2D eigenvalue weighted by Crippen LogP contribution is -2.23. The molecule has 0 aromatic heterocycles. The summed E-state index contributed by atoms with van der Waals surface area (Å²) in [6.45, 7) is 2.05. The van der Waals surface area contributed by atoms with Crippen molar-refractivity contribution < 1.29 is 24.5 Å². The van der Waals surface area contributed by atoms with Crippen LogP contribution in [0, 0.1) is 23.7 Å². The number of carbonyl (C=O) groups is 1. The monoisotopic (exact) mass is 406 g/mol. The number of ether oxygens (including phenoxy) is 2. The van der Waals surface area contributed by atoms with Crippen molar-refractivity contribution in [3.05, 3.63) is 24.0 Å². The molecule has 0 radical (unpaired) electrons. The molecule has 29 heavy (non-hydrogen) atoms. The predicted molar refractivity (Wildman–Crippen MR) is 112 cm³/mol. The molecule has 0 spiro atoms. The zero-order valence-electron chi connectivity index (χ0n) is 18.0. The quantitative estimate of drug-likeness (QED) is 0.445. The van der Waals surface area contributed by atoms with Crippen LogP contribution in [0.3, 0.4) is 0 Å². The summed E-state index contributed by atoms with van der Waals surface area (Å²) in [6.07, 6.45) is 14.7. The van der Waals surface area contributed by atoms with E-state index in [1.165, 1.54) is 20.0 Å². The van der Waals surface area contributed by atoms with Crippen LogP contribution in [-0.4, -0.2) is 41.6 Å². The highest BCUT2D eigenvalue weighted by molar-refractivity contribution is 5.72. The molecule has 3 fully saturated rings. The number of aliphatic hydroxyl groups is 2. The second kappa shape index (κ2) is 10.6. The number of methoxy groups -OCH3 is 1. The van der Waals surface area contributed by atoms with Crippen LogP contribution in [0.1, 0.15) is 71.1 Å². The topological polar surface area (TPSA) is 76.0 Å². The van der Waals surface area contributed by atoms with E-state index >= 15 is 0 Å². The summed E-state index contributed by atoms with van der Waals surface area (Å²) in [4.78, 5) is 12.2. The van der Waals surface area contributed by atoms with E-state index in [1.807, 2.05) is 12.2 Å². The predicted octanol–water partition coefficient (Wildman–Crippen LogP) is 4.13. The van der Waals surface area contributed by atoms with E-state index in [4.69, 9.17) is 9.47 Å². The molecule has 2 saturated carbocycles. The fourth-order valence-corrected chi connectivity index (χ4v) is 5.51. The van der Waals surface area contributed by atoms with Crippen LogP contribution in [0.4, 0.5) is 0 Å². The van der Waals surface area contributed by atoms with Gasteiger partial charge in [-0.3, -0.25) is 4.79 Å². The summed E-state index contributed by atoms with van der Waals surface area (Å²) < 4.78 is 11.2. The number of allylic oxidation sites excluding steroid dienone is 2. The maximum Gasteiger partial charge on any atom is 0.308 e. The number of esters is 1. The Labute approximate surface area is 175 Å². The molecule has 0 amide bonds. The summed E-state index contributed by atoms with van der Waals surface area (Å²) in [5, 5.41) is 20.4. The largest absolute Gasteiger partial charge is 0.495 e. The average Bonchev–Trinajstić information content (AvgIpc) is 3.40. The van der Waals surface area contributed by atoms with Gasteiger partial charge in [0.15, 0.2) is 0 Å². The van der Waals surface area contributed by atoms with Crippen LogP contribution in [-0.2, 0) is 14.3 Å². The highest BCUT2D eigenvalue weighted by atomic mass is 16.5. The minimum atomic E-state index is -0.436. The SMILES string of the molecule is CCC[C@H](O)/C=C/[C@@H]1[C@H]2C/C(=C\CCC(C(=O)OC)C3CCCC3)O[C@@H]2C[C@H]1O. The van der Waals surface area contributed by atoms with Crippen LogP contribution < -0.4 is 0 Å². The number of rotatable bonds is 9. The maximum atomic E-state index is 12.2. The van der Waals surface area contributed by atoms with Gasteiger partial charge in [-0.1, -0.05) is 38.3 Å². The first kappa shape index (κ1) is 22.4. The van der Waals surface area contributed by atoms with E-state index in [0.29, 0.717) is 12.3 Å². The van der Waals surface area contributed by atoms with Crippen molar-refractivity contribution in [2.75, 3.05) is 7.11 Å². The molecule has 1 aliphatic heterocycles. The van der Waals surface area contributed by atoms with Gasteiger partial charge in [0.1, 0.15) is 6.10 Å². The Hall–Kier alpha value is -1.33. The van der Waals surface area contributed by atoms with Gasteiger partial charge in [-0.15, -0.1) is 0 Å². The van der Waals surface area contributed by atoms with E-state index in [2.05, 4.69) is 13.0 Å². The Morgan fingerprint density at radius 2 is 2.07 bits per heavy atom. The second-order valence-electron chi connectivity index (χ2n) is 9.07. The summed E-state index contributed by atoms with van der Waals surface area (Å²) in [5.74, 6) is 1.70. The highest BCUT2D eigenvalue weighted by Gasteiger charge is 2.47. The molecule has 0 bridgehead atoms. The lowest BCUT2D eigenvalue weighted by molar-refractivity contribution is -0.147. The highest BCUT2D eigenvalue weighted by Crippen LogP contribution is 2.45. The lowest BCUT2D eigenvalue weighted by atomic mass is 9.86. The van der Waals surface area contributed by atoms with E-state index < -0.39 is 12.2 Å². The van der Waals surface area contributed by atoms with Crippen LogP contribution in [0.5, 0.6) is 0 Å². The fraction of sp³-hybridized carbons (Fsp3) is 0.792. The summed E-state index contributed by atoms with van der Waals surface area (Å²) in [5.41, 5.74) is 0. The van der Waals surface area contributed by atoms with Crippen molar-refractivity contribution >= 4 is 5.97 Å². The van der Waals surface area contributed by atoms with Gasteiger partial charge in [0, 0.05) is 24.7 Å². The molecule has 2 N–H and O–H groups in total. The smallest absolute Gasteiger partial charge is 0.308 e. The third-order valence-corrected chi connectivity index (χ3v) is 7.09. The first-order chi connectivity index (χ1) is 14.0. The number of carbonyl (C=O) groups excluding carboxylic acids is 1. The van der Waals surface area contributed by atoms with Crippen molar-refractivity contribution in [1.29, 1.82) is 0 Å². The minimum absolute atomic E-state index is 0.00203. The molecule has 6 atom stereocenters. The molecular formula is C24H38O5. The van der Waals surface area contributed by atoms with E-state index in [-0.39, 0.29) is 29.8 Å². The van der Waals surface area contributed by atoms with Gasteiger partial charge in [0.25, 0.3) is 0 Å². The molecule has 1 unspecified atom stereocenters. The molecule has 5 nitrogen and oxygen atoms in total. The fourth-order valence-electron chi connectivity index (χ4n) is 5.51. The average molecular weight is 407 g/mol. The standard InChI is InChI=1S/C24H38O5/c1-3-7-17(25)12-13-20-21-14-18(29-23(21)15-22(20)26)10-6-11-19(24(27)28-2)16-8-4-5-9-16/h10,12-13,16-17,19-23,25-26H,3-9,11,14-15H2,1-2H3/b13-12+,18-10+/t17-,19?,20+,21+,22+,23+/m0/s1. The maximum absolute atomic E-state index is 12.2. The Bertz CT molecular complexity index is 592. The molecule has 2 aliphatic carbocycles. The molecule has 0 aromatic carbocycles. The van der Waals surface area contributed by atoms with Crippen LogP contribution >= 0.6 is 0 Å². The number of fused-ring (bicyclic) bond motifs is 1. The van der Waals surface area contributed by atoms with E-state index in [1.54, 1.807) is 0 Å². The first-order valence-electron chi connectivity index (χ1n) is 11.5. The Kier molecular flexibility index (Phi) is 8.19. The normalized spacial score (nSPS) is 33.2. The first-order valence-corrected chi connectivity index (χ1v) is 11.5. The Balaban J connectivity index is 1.54. The number of hydrogen-bond donors (Lipinski definition) is 2. The summed E-state index contributed by atoms with van der Waals surface area (Å²) in [7, 11) is 1.49. The van der Waals surface area contributed by atoms with E-state index in [0.717, 1.165) is 50.7 Å². The van der Waals surface area contributed by atoms with Crippen molar-refractivity contribution in [1.82, 2.24) is 0 Å². The molecule has 5 heteroatoms. The van der Waals surface area contributed by atoms with E-state index in [9.17, 15) is 15.0 Å². The van der Waals surface area contributed by atoms with Crippen molar-refractivity contribution in [3.63, 3.8) is 0 Å². The van der Waals surface area contributed by atoms with Crippen LogP contribution in [0.2, 0.25) is 0 Å². The third kappa shape index (κ3) is 5.64. The van der Waals surface area contributed by atoms with Gasteiger partial charge in [0.2, 0.25) is 0 Å². The molecule has 1 heterocycles. The zero-order valence-corrected chi connectivity index (χ0v) is 18.0. The molecule has 164 valence electrons. The van der Waals surface area contributed by atoms with Crippen molar-refractivity contribution in [2.24, 2.45) is 23.7 Å². The van der Waals surface area contributed by atoms with Gasteiger partial charge in [-0.25, -0.2) is 0 Å². The molecule has 1 saturated heterocycles. The number of hydrogen-bond acceptors (Lipinski definition) is 5. The summed E-state index contributed by atoms with van der Waals surface area (Å²) >= 11 is 0. The van der Waals surface area contributed by atoms with Crippen molar-refractivity contribution in [2.45, 2.75) is 89.4 Å². The van der Waals surface area contributed by atoms with Gasteiger partial charge in [-0.2, -0.15) is 0 Å². The van der Waals surface area contributed by atoms with Gasteiger partial charge >= 0.3 is 5.97 Å². The molecular weight excluding hydrogens is 368 g/mol. The number of aliphatic hydroxyl groups excluding tert-OH is 2. The van der Waals surface area contributed by atoms with Crippen molar-refractivity contribution in [3.8, 4) is 0 Å². The Morgan fingerprint density at radius 3 is 2.76 bits per heavy atom. The van der Waals surface area contributed by atoms with Crippen LogP contribution in [0.25, 0.3) is 0 Å². The molecule has 0 aromatic rings. The molecule has 3 rings (SSSR count). The third-order valence-electron chi connectivity index (χ3n) is 7.09. The summed E-state index contributed by atoms with van der Waals surface area (Å²) in [6, 6.07) is 0. The van der Waals surface area contributed by atoms with Gasteiger partial charge in [-0.05, 0) is 44.1 Å². The Morgan fingerprint density at radius 1 is 1.31 bits per heavy atom. The van der Waals surface area contributed by atoms with Gasteiger partial charge < -0.3 is 19.7 Å². The second-order valence-corrected chi connectivity index (χ2v) is 9.07. The minimum Gasteiger partial charge on any atom is -0.495 e. The van der Waals surface area contributed by atoms with Gasteiger partial charge in [0.05, 0.1) is 31.0 Å². The lowest BCUT2D eigenvalue weighted by Gasteiger charge is -2.20. The molecule has 3 aliphatic rings. The zero-order chi connectivity index (χ0) is 20.8.